The Kier molecular flexibility index (Phi) is 8.75. The van der Waals surface area contributed by atoms with Crippen molar-refractivity contribution in [2.24, 2.45) is 0 Å². The van der Waals surface area contributed by atoms with E-state index in [0.717, 1.165) is 51.1 Å². The van der Waals surface area contributed by atoms with Crippen LogP contribution >= 0.6 is 22.9 Å². The lowest BCUT2D eigenvalue weighted by molar-refractivity contribution is 0.103. The van der Waals surface area contributed by atoms with Crippen molar-refractivity contribution < 1.29 is 9.90 Å². The number of aromatic nitrogens is 4. The standard InChI is InChI=1S/C26H34ClN9O2S/c1-17-6-5-8-19(27)21(17)29-22(38)20-16-28-26(39-20)32-23-30-24(35-12-10-34(11-13-35)14-15-37)33-25(31-23)36-9-4-3-7-18(36)2/h5-6,8,16,18,37H,3-4,7,9-15H2,1-2H3,(H,29,38)(H,28,30,31,32,33). The van der Waals surface area contributed by atoms with E-state index in [1.807, 2.05) is 19.1 Å². The van der Waals surface area contributed by atoms with Gasteiger partial charge >= 0.3 is 0 Å². The van der Waals surface area contributed by atoms with Crippen LogP contribution in [0.1, 0.15) is 41.4 Å². The molecule has 0 saturated carbocycles. The van der Waals surface area contributed by atoms with Gasteiger partial charge in [0, 0.05) is 45.3 Å². The Morgan fingerprint density at radius 1 is 1.13 bits per heavy atom. The summed E-state index contributed by atoms with van der Waals surface area (Å²) in [4.78, 5) is 38.8. The maximum Gasteiger partial charge on any atom is 0.267 e. The van der Waals surface area contributed by atoms with Crippen LogP contribution in [0.2, 0.25) is 5.02 Å². The molecule has 4 heterocycles. The molecule has 1 aromatic carbocycles. The molecule has 0 aliphatic carbocycles. The number of thiazole rings is 1. The van der Waals surface area contributed by atoms with Crippen LogP contribution in [0.15, 0.2) is 24.4 Å². The van der Waals surface area contributed by atoms with Crippen LogP contribution in [0.5, 0.6) is 0 Å². The molecular formula is C26H34ClN9O2S. The number of piperazine rings is 1. The second kappa shape index (κ2) is 12.4. The van der Waals surface area contributed by atoms with Gasteiger partial charge in [0.25, 0.3) is 5.91 Å². The molecule has 3 aromatic rings. The Morgan fingerprint density at radius 2 is 1.92 bits per heavy atom. The highest BCUT2D eigenvalue weighted by atomic mass is 35.5. The predicted octanol–water partition coefficient (Wildman–Crippen LogP) is 3.78. The Hall–Kier alpha value is -3.06. The van der Waals surface area contributed by atoms with Crippen LogP contribution in [-0.4, -0.2) is 87.8 Å². The summed E-state index contributed by atoms with van der Waals surface area (Å²) in [5, 5.41) is 16.4. The van der Waals surface area contributed by atoms with E-state index in [0.29, 0.717) is 51.2 Å². The first-order valence-electron chi connectivity index (χ1n) is 13.3. The molecule has 13 heteroatoms. The number of halogens is 1. The predicted molar refractivity (Wildman–Crippen MR) is 156 cm³/mol. The molecule has 2 fully saturated rings. The van der Waals surface area contributed by atoms with Crippen molar-refractivity contribution in [1.82, 2.24) is 24.8 Å². The average molecular weight is 572 g/mol. The lowest BCUT2D eigenvalue weighted by Crippen LogP contribution is -2.48. The van der Waals surface area contributed by atoms with E-state index >= 15 is 0 Å². The van der Waals surface area contributed by atoms with Gasteiger partial charge in [0.2, 0.25) is 17.8 Å². The Morgan fingerprint density at radius 3 is 2.67 bits per heavy atom. The minimum atomic E-state index is -0.281. The number of benzene rings is 1. The van der Waals surface area contributed by atoms with E-state index < -0.39 is 0 Å². The smallest absolute Gasteiger partial charge is 0.267 e. The van der Waals surface area contributed by atoms with Crippen molar-refractivity contribution in [3.05, 3.63) is 39.9 Å². The number of anilines is 5. The van der Waals surface area contributed by atoms with E-state index in [2.05, 4.69) is 37.2 Å². The molecule has 2 aliphatic heterocycles. The molecule has 2 aromatic heterocycles. The number of amides is 1. The molecule has 39 heavy (non-hydrogen) atoms. The zero-order chi connectivity index (χ0) is 27.4. The number of aliphatic hydroxyl groups excluding tert-OH is 1. The zero-order valence-electron chi connectivity index (χ0n) is 22.2. The van der Waals surface area contributed by atoms with Gasteiger partial charge in [0.15, 0.2) is 5.13 Å². The SMILES string of the molecule is Cc1cccc(Cl)c1NC(=O)c1cnc(Nc2nc(N3CCN(CCO)CC3)nc(N3CCCCC3C)n2)s1. The van der Waals surface area contributed by atoms with Crippen molar-refractivity contribution in [1.29, 1.82) is 0 Å². The number of aliphatic hydroxyl groups is 1. The summed E-state index contributed by atoms with van der Waals surface area (Å²) in [6.45, 7) is 9.02. The Bertz CT molecular complexity index is 1280. The fourth-order valence-electron chi connectivity index (χ4n) is 4.89. The first-order valence-corrected chi connectivity index (χ1v) is 14.5. The van der Waals surface area contributed by atoms with E-state index in [1.54, 1.807) is 6.07 Å². The number of hydrogen-bond acceptors (Lipinski definition) is 11. The third-order valence-corrected chi connectivity index (χ3v) is 8.38. The number of rotatable bonds is 8. The molecule has 1 atom stereocenters. The Labute approximate surface area is 237 Å². The third kappa shape index (κ3) is 6.57. The monoisotopic (exact) mass is 571 g/mol. The lowest BCUT2D eigenvalue weighted by Gasteiger charge is -2.36. The second-order valence-electron chi connectivity index (χ2n) is 9.89. The lowest BCUT2D eigenvalue weighted by atomic mass is 10.0. The molecular weight excluding hydrogens is 538 g/mol. The topological polar surface area (TPSA) is 123 Å². The van der Waals surface area contributed by atoms with Gasteiger partial charge in [-0.2, -0.15) is 15.0 Å². The number of hydrogen-bond donors (Lipinski definition) is 3. The third-order valence-electron chi connectivity index (χ3n) is 7.15. The fourth-order valence-corrected chi connectivity index (χ4v) is 5.86. The van der Waals surface area contributed by atoms with Crippen LogP contribution in [0.25, 0.3) is 0 Å². The first kappa shape index (κ1) is 27.5. The van der Waals surface area contributed by atoms with Crippen LogP contribution < -0.4 is 20.4 Å². The molecule has 2 saturated heterocycles. The molecule has 11 nitrogen and oxygen atoms in total. The van der Waals surface area contributed by atoms with Crippen LogP contribution in [0.3, 0.4) is 0 Å². The molecule has 1 amide bonds. The number of carbonyl (C=O) groups excluding carboxylic acids is 1. The first-order chi connectivity index (χ1) is 18.9. The van der Waals surface area contributed by atoms with Crippen molar-refractivity contribution in [3.8, 4) is 0 Å². The highest BCUT2D eigenvalue weighted by molar-refractivity contribution is 7.17. The van der Waals surface area contributed by atoms with Gasteiger partial charge in [0.1, 0.15) is 4.88 Å². The van der Waals surface area contributed by atoms with Crippen molar-refractivity contribution in [2.45, 2.75) is 39.2 Å². The van der Waals surface area contributed by atoms with E-state index in [4.69, 9.17) is 26.6 Å². The van der Waals surface area contributed by atoms with Crippen molar-refractivity contribution >= 4 is 57.5 Å². The minimum absolute atomic E-state index is 0.155. The van der Waals surface area contributed by atoms with Crippen molar-refractivity contribution in [3.63, 3.8) is 0 Å². The van der Waals surface area contributed by atoms with Gasteiger partial charge < -0.3 is 20.2 Å². The number of nitrogens with zero attached hydrogens (tertiary/aromatic N) is 7. The fraction of sp³-hybridized carbons (Fsp3) is 0.500. The molecule has 2 aliphatic rings. The van der Waals surface area contributed by atoms with Gasteiger partial charge in [-0.25, -0.2) is 4.98 Å². The summed E-state index contributed by atoms with van der Waals surface area (Å²) >= 11 is 7.50. The number of carbonyl (C=O) groups is 1. The summed E-state index contributed by atoms with van der Waals surface area (Å²) in [5.74, 6) is 1.38. The normalized spacial score (nSPS) is 18.3. The summed E-state index contributed by atoms with van der Waals surface area (Å²) in [7, 11) is 0. The number of β-amino-alcohol motifs (C(OH)–C–C–N with tert-alkyl or cyclic N) is 1. The quantitative estimate of drug-likeness (QED) is 0.368. The van der Waals surface area contributed by atoms with Crippen LogP contribution in [0, 0.1) is 6.92 Å². The van der Waals surface area contributed by atoms with Gasteiger partial charge in [-0.05, 0) is 44.7 Å². The van der Waals surface area contributed by atoms with Gasteiger partial charge in [-0.1, -0.05) is 35.1 Å². The van der Waals surface area contributed by atoms with E-state index in [-0.39, 0.29) is 12.5 Å². The van der Waals surface area contributed by atoms with Gasteiger partial charge in [-0.3, -0.25) is 15.0 Å². The molecule has 0 bridgehead atoms. The van der Waals surface area contributed by atoms with E-state index in [1.165, 1.54) is 24.0 Å². The Balaban J connectivity index is 1.36. The summed E-state index contributed by atoms with van der Waals surface area (Å²) in [6, 6.07) is 5.83. The van der Waals surface area contributed by atoms with Crippen molar-refractivity contribution in [2.75, 3.05) is 66.3 Å². The minimum Gasteiger partial charge on any atom is -0.395 e. The van der Waals surface area contributed by atoms with Crippen LogP contribution in [-0.2, 0) is 0 Å². The summed E-state index contributed by atoms with van der Waals surface area (Å²) in [6.07, 6.45) is 4.93. The summed E-state index contributed by atoms with van der Waals surface area (Å²) < 4.78 is 0. The summed E-state index contributed by atoms with van der Waals surface area (Å²) in [5.41, 5.74) is 1.47. The highest BCUT2D eigenvalue weighted by Crippen LogP contribution is 2.29. The number of nitrogens with one attached hydrogen (secondary N) is 2. The average Bonchev–Trinajstić information content (AvgIpc) is 3.40. The van der Waals surface area contributed by atoms with E-state index in [9.17, 15) is 9.90 Å². The molecule has 3 N–H and O–H groups in total. The molecule has 1 unspecified atom stereocenters. The maximum absolute atomic E-state index is 12.9. The highest BCUT2D eigenvalue weighted by Gasteiger charge is 2.25. The van der Waals surface area contributed by atoms with Crippen LogP contribution in [0.4, 0.5) is 28.7 Å². The molecule has 208 valence electrons. The number of para-hydroxylation sites is 1. The van der Waals surface area contributed by atoms with Gasteiger partial charge in [0.05, 0.1) is 23.5 Å². The number of piperidine rings is 1. The molecule has 0 radical (unpaired) electrons. The second-order valence-corrected chi connectivity index (χ2v) is 11.3. The zero-order valence-corrected chi connectivity index (χ0v) is 23.8. The van der Waals surface area contributed by atoms with Gasteiger partial charge in [-0.15, -0.1) is 0 Å². The largest absolute Gasteiger partial charge is 0.395 e. The molecule has 0 spiro atoms. The maximum atomic E-state index is 12.9. The molecule has 5 rings (SSSR count). The number of aryl methyl sites for hydroxylation is 1.